The molecule has 142 valence electrons. The van der Waals surface area contributed by atoms with Crippen molar-refractivity contribution in [3.05, 3.63) is 18.0 Å². The van der Waals surface area contributed by atoms with Gasteiger partial charge in [-0.15, -0.1) is 0 Å². The summed E-state index contributed by atoms with van der Waals surface area (Å²) in [7, 11) is 0. The molecule has 26 heavy (non-hydrogen) atoms. The van der Waals surface area contributed by atoms with Crippen molar-refractivity contribution in [2.45, 2.75) is 70.4 Å². The highest BCUT2D eigenvalue weighted by atomic mass is 16.5. The van der Waals surface area contributed by atoms with E-state index in [1.807, 2.05) is 19.3 Å². The number of rotatable bonds is 5. The molecule has 1 aromatic heterocycles. The smallest absolute Gasteiger partial charge is 0.312 e. The molecule has 1 saturated carbocycles. The summed E-state index contributed by atoms with van der Waals surface area (Å²) in [6.45, 7) is 4.37. The summed E-state index contributed by atoms with van der Waals surface area (Å²) in [6.07, 6.45) is 12.2. The fourth-order valence-electron chi connectivity index (χ4n) is 5.03. The van der Waals surface area contributed by atoms with Gasteiger partial charge in [0, 0.05) is 37.6 Å². The third kappa shape index (κ3) is 3.31. The Morgan fingerprint density at radius 3 is 2.46 bits per heavy atom. The number of carbonyl (C=O) groups excluding carboxylic acids is 1. The van der Waals surface area contributed by atoms with Crippen LogP contribution < -0.4 is 10.2 Å². The Morgan fingerprint density at radius 1 is 1.19 bits per heavy atom. The first kappa shape index (κ1) is 17.7. The molecule has 6 heteroatoms. The quantitative estimate of drug-likeness (QED) is 0.816. The Balaban J connectivity index is 1.50. The lowest BCUT2D eigenvalue weighted by molar-refractivity contribution is -0.157. The molecule has 1 N–H and O–H groups in total. The van der Waals surface area contributed by atoms with Gasteiger partial charge in [-0.05, 0) is 44.6 Å². The monoisotopic (exact) mass is 358 g/mol. The number of aromatic nitrogens is 2. The molecule has 4 rings (SSSR count). The molecule has 0 amide bonds. The maximum absolute atomic E-state index is 12.7. The Hall–Kier alpha value is -1.69. The lowest BCUT2D eigenvalue weighted by Gasteiger charge is -2.36. The number of fused-ring (bicyclic) bond motifs is 2. The standard InChI is InChI=1S/C20H30N4O2/c1-2-26-18(25)20(8-4-3-5-9-20)10-15-11-22-19(23-12-15)24-16-6-7-17(24)14-21-13-16/h11-12,16-17,21H,2-10,13-14H2,1H3. The van der Waals surface area contributed by atoms with Crippen molar-refractivity contribution < 1.29 is 9.53 Å². The highest BCUT2D eigenvalue weighted by Gasteiger charge is 2.41. The Morgan fingerprint density at radius 2 is 1.85 bits per heavy atom. The second-order valence-electron chi connectivity index (χ2n) is 8.08. The van der Waals surface area contributed by atoms with Gasteiger partial charge in [0.15, 0.2) is 0 Å². The first-order valence-corrected chi connectivity index (χ1v) is 10.2. The Labute approximate surface area is 155 Å². The SMILES string of the molecule is CCOC(=O)C1(Cc2cnc(N3C4CCC3CNC4)nc2)CCCCC1. The lowest BCUT2D eigenvalue weighted by Crippen LogP contribution is -2.52. The van der Waals surface area contributed by atoms with Crippen molar-refractivity contribution in [1.29, 1.82) is 0 Å². The minimum Gasteiger partial charge on any atom is -0.466 e. The van der Waals surface area contributed by atoms with Crippen LogP contribution in [0.15, 0.2) is 12.4 Å². The third-order valence-corrected chi connectivity index (χ3v) is 6.36. The van der Waals surface area contributed by atoms with E-state index >= 15 is 0 Å². The van der Waals surface area contributed by atoms with E-state index < -0.39 is 0 Å². The van der Waals surface area contributed by atoms with Crippen LogP contribution in [0.25, 0.3) is 0 Å². The van der Waals surface area contributed by atoms with Gasteiger partial charge in [0.1, 0.15) is 0 Å². The number of hydrogen-bond acceptors (Lipinski definition) is 6. The molecule has 3 heterocycles. The third-order valence-electron chi connectivity index (χ3n) is 6.36. The molecule has 1 aromatic rings. The van der Waals surface area contributed by atoms with E-state index in [1.54, 1.807) is 0 Å². The number of anilines is 1. The fraction of sp³-hybridized carbons (Fsp3) is 0.750. The van der Waals surface area contributed by atoms with Crippen LogP contribution in [0.4, 0.5) is 5.95 Å². The van der Waals surface area contributed by atoms with Crippen LogP contribution in [-0.2, 0) is 16.0 Å². The largest absolute Gasteiger partial charge is 0.466 e. The topological polar surface area (TPSA) is 67.3 Å². The number of piperazine rings is 1. The molecule has 2 bridgehead atoms. The number of nitrogens with zero attached hydrogens (tertiary/aromatic N) is 3. The summed E-state index contributed by atoms with van der Waals surface area (Å²) in [5, 5.41) is 3.49. The van der Waals surface area contributed by atoms with Crippen LogP contribution in [0.5, 0.6) is 0 Å². The van der Waals surface area contributed by atoms with Crippen LogP contribution in [-0.4, -0.2) is 47.7 Å². The van der Waals surface area contributed by atoms with E-state index in [1.165, 1.54) is 19.3 Å². The number of nitrogens with one attached hydrogen (secondary N) is 1. The van der Waals surface area contributed by atoms with Gasteiger partial charge in [0.2, 0.25) is 5.95 Å². The van der Waals surface area contributed by atoms with E-state index in [4.69, 9.17) is 4.74 Å². The molecule has 1 aliphatic carbocycles. The van der Waals surface area contributed by atoms with Crippen molar-refractivity contribution in [3.63, 3.8) is 0 Å². The first-order valence-electron chi connectivity index (χ1n) is 10.2. The van der Waals surface area contributed by atoms with E-state index in [0.29, 0.717) is 25.1 Å². The van der Waals surface area contributed by atoms with E-state index in [9.17, 15) is 4.79 Å². The molecule has 3 fully saturated rings. The molecule has 6 nitrogen and oxygen atoms in total. The van der Waals surface area contributed by atoms with E-state index in [-0.39, 0.29) is 11.4 Å². The van der Waals surface area contributed by atoms with E-state index in [2.05, 4.69) is 20.2 Å². The Bertz CT molecular complexity index is 611. The van der Waals surface area contributed by atoms with Crippen LogP contribution in [0.2, 0.25) is 0 Å². The Kier molecular flexibility index (Phi) is 5.11. The van der Waals surface area contributed by atoms with Gasteiger partial charge < -0.3 is 15.0 Å². The molecule has 0 aromatic carbocycles. The highest BCUT2D eigenvalue weighted by Crippen LogP contribution is 2.40. The summed E-state index contributed by atoms with van der Waals surface area (Å²) >= 11 is 0. The predicted octanol–water partition coefficient (Wildman–Crippen LogP) is 2.47. The van der Waals surface area contributed by atoms with Gasteiger partial charge in [-0.25, -0.2) is 9.97 Å². The van der Waals surface area contributed by atoms with Gasteiger partial charge in [0.25, 0.3) is 0 Å². The van der Waals surface area contributed by atoms with Gasteiger partial charge in [-0.3, -0.25) is 4.79 Å². The lowest BCUT2D eigenvalue weighted by atomic mass is 9.70. The average molecular weight is 358 g/mol. The number of carbonyl (C=O) groups is 1. The highest BCUT2D eigenvalue weighted by molar-refractivity contribution is 5.77. The van der Waals surface area contributed by atoms with Crippen molar-refractivity contribution in [2.24, 2.45) is 5.41 Å². The predicted molar refractivity (Wildman–Crippen MR) is 100 cm³/mol. The minimum absolute atomic E-state index is 0.0380. The van der Waals surface area contributed by atoms with Crippen molar-refractivity contribution in [1.82, 2.24) is 15.3 Å². The summed E-state index contributed by atoms with van der Waals surface area (Å²) < 4.78 is 5.42. The normalized spacial score (nSPS) is 27.3. The number of esters is 1. The maximum atomic E-state index is 12.7. The zero-order valence-corrected chi connectivity index (χ0v) is 15.7. The summed E-state index contributed by atoms with van der Waals surface area (Å²) in [5.41, 5.74) is 0.666. The van der Waals surface area contributed by atoms with Crippen molar-refractivity contribution in [3.8, 4) is 0 Å². The van der Waals surface area contributed by atoms with Crippen LogP contribution >= 0.6 is 0 Å². The molecule has 2 saturated heterocycles. The van der Waals surface area contributed by atoms with Crippen molar-refractivity contribution in [2.75, 3.05) is 24.6 Å². The molecule has 3 aliphatic rings. The van der Waals surface area contributed by atoms with Crippen LogP contribution in [0.1, 0.15) is 57.4 Å². The number of hydrogen-bond donors (Lipinski definition) is 1. The van der Waals surface area contributed by atoms with Gasteiger partial charge in [-0.2, -0.15) is 0 Å². The van der Waals surface area contributed by atoms with Crippen LogP contribution in [0, 0.1) is 5.41 Å². The average Bonchev–Trinajstić information content (AvgIpc) is 2.92. The van der Waals surface area contributed by atoms with Crippen LogP contribution in [0.3, 0.4) is 0 Å². The molecule has 2 aliphatic heterocycles. The van der Waals surface area contributed by atoms with Crippen molar-refractivity contribution >= 4 is 11.9 Å². The minimum atomic E-state index is -0.382. The molecule has 2 atom stereocenters. The second-order valence-corrected chi connectivity index (χ2v) is 8.08. The number of ether oxygens (including phenoxy) is 1. The zero-order valence-electron chi connectivity index (χ0n) is 15.7. The van der Waals surface area contributed by atoms with E-state index in [0.717, 1.165) is 50.3 Å². The fourth-order valence-corrected chi connectivity index (χ4v) is 5.03. The zero-order chi connectivity index (χ0) is 18.0. The first-order chi connectivity index (χ1) is 12.7. The van der Waals surface area contributed by atoms with Gasteiger partial charge in [-0.1, -0.05) is 19.3 Å². The maximum Gasteiger partial charge on any atom is 0.312 e. The summed E-state index contributed by atoms with van der Waals surface area (Å²) in [6, 6.07) is 1.03. The summed E-state index contributed by atoms with van der Waals surface area (Å²) in [4.78, 5) is 24.4. The summed E-state index contributed by atoms with van der Waals surface area (Å²) in [5.74, 6) is 0.806. The molecule has 0 radical (unpaired) electrons. The molecular weight excluding hydrogens is 328 g/mol. The second kappa shape index (κ2) is 7.51. The molecular formula is C20H30N4O2. The van der Waals surface area contributed by atoms with Gasteiger partial charge in [0.05, 0.1) is 12.0 Å². The van der Waals surface area contributed by atoms with Gasteiger partial charge >= 0.3 is 5.97 Å². The molecule has 2 unspecified atom stereocenters. The molecule has 0 spiro atoms.